The Balaban J connectivity index is 2.03. The monoisotopic (exact) mass is 319 g/mol. The zero-order chi connectivity index (χ0) is 16.7. The van der Waals surface area contributed by atoms with Crippen LogP contribution in [-0.2, 0) is 6.42 Å². The summed E-state index contributed by atoms with van der Waals surface area (Å²) >= 11 is 0. The first kappa shape index (κ1) is 14.4. The average Bonchev–Trinajstić information content (AvgIpc) is 3.07. The highest BCUT2D eigenvalue weighted by Gasteiger charge is 2.12. The normalized spacial score (nSPS) is 11.2. The Morgan fingerprint density at radius 2 is 2.12 bits per heavy atom. The number of hydrogen-bond donors (Lipinski definition) is 3. The highest BCUT2D eigenvalue weighted by atomic mass is 16.1. The van der Waals surface area contributed by atoms with Crippen LogP contribution in [0, 0.1) is 0 Å². The lowest BCUT2D eigenvalue weighted by molar-refractivity contribution is 1.15. The van der Waals surface area contributed by atoms with E-state index in [4.69, 9.17) is 0 Å². The highest BCUT2D eigenvalue weighted by molar-refractivity contribution is 6.07. The molecular weight excluding hydrogens is 302 g/mol. The molecule has 1 aromatic carbocycles. The van der Waals surface area contributed by atoms with Gasteiger partial charge in [0, 0.05) is 41.3 Å². The summed E-state index contributed by atoms with van der Waals surface area (Å²) in [5.41, 5.74) is 4.31. The Morgan fingerprint density at radius 1 is 1.25 bits per heavy atom. The van der Waals surface area contributed by atoms with E-state index in [1.54, 1.807) is 13.2 Å². The summed E-state index contributed by atoms with van der Waals surface area (Å²) in [5.74, 6) is 0.579. The predicted octanol–water partition coefficient (Wildman–Crippen LogP) is 3.07. The van der Waals surface area contributed by atoms with Crippen LogP contribution in [0.15, 0.2) is 41.5 Å². The van der Waals surface area contributed by atoms with E-state index in [1.807, 2.05) is 24.4 Å². The van der Waals surface area contributed by atoms with Gasteiger partial charge in [-0.1, -0.05) is 13.0 Å². The Bertz CT molecular complexity index is 1110. The predicted molar refractivity (Wildman–Crippen MR) is 96.4 cm³/mol. The number of anilines is 1. The Hall–Kier alpha value is -3.15. The van der Waals surface area contributed by atoms with Crippen molar-refractivity contribution in [1.82, 2.24) is 19.9 Å². The lowest BCUT2D eigenvalue weighted by atomic mass is 10.0. The number of aryl methyl sites for hydroxylation is 1. The lowest BCUT2D eigenvalue weighted by Gasteiger charge is -2.07. The molecule has 0 bridgehead atoms. The largest absolute Gasteiger partial charge is 0.357 e. The first-order chi connectivity index (χ1) is 11.7. The third-order valence-electron chi connectivity index (χ3n) is 4.28. The minimum absolute atomic E-state index is 0.0931. The maximum absolute atomic E-state index is 12.2. The molecule has 24 heavy (non-hydrogen) atoms. The van der Waals surface area contributed by atoms with Gasteiger partial charge in [0.05, 0.1) is 5.69 Å². The molecule has 3 aromatic heterocycles. The third kappa shape index (κ3) is 2.15. The van der Waals surface area contributed by atoms with Crippen molar-refractivity contribution in [2.45, 2.75) is 13.3 Å². The summed E-state index contributed by atoms with van der Waals surface area (Å²) in [6.07, 6.45) is 4.50. The Kier molecular flexibility index (Phi) is 3.30. The number of rotatable bonds is 3. The molecule has 120 valence electrons. The number of H-pyrrole nitrogens is 2. The van der Waals surface area contributed by atoms with Crippen LogP contribution in [0.1, 0.15) is 12.5 Å². The molecule has 4 aromatic rings. The van der Waals surface area contributed by atoms with Gasteiger partial charge in [0.1, 0.15) is 5.52 Å². The van der Waals surface area contributed by atoms with Crippen molar-refractivity contribution in [3.8, 4) is 11.3 Å². The van der Waals surface area contributed by atoms with Crippen molar-refractivity contribution in [3.63, 3.8) is 0 Å². The molecule has 0 saturated heterocycles. The highest BCUT2D eigenvalue weighted by Crippen LogP contribution is 2.29. The molecule has 0 atom stereocenters. The van der Waals surface area contributed by atoms with Crippen molar-refractivity contribution >= 4 is 27.8 Å². The first-order valence-electron chi connectivity index (χ1n) is 7.88. The van der Waals surface area contributed by atoms with Crippen molar-refractivity contribution in [2.24, 2.45) is 0 Å². The van der Waals surface area contributed by atoms with Crippen molar-refractivity contribution in [2.75, 3.05) is 12.4 Å². The Morgan fingerprint density at radius 3 is 2.92 bits per heavy atom. The number of benzene rings is 1. The van der Waals surface area contributed by atoms with Crippen LogP contribution < -0.4 is 10.9 Å². The van der Waals surface area contributed by atoms with Crippen molar-refractivity contribution in [3.05, 3.63) is 52.6 Å². The fraction of sp³-hybridized carbons (Fsp3) is 0.167. The van der Waals surface area contributed by atoms with Gasteiger partial charge in [0.15, 0.2) is 0 Å². The van der Waals surface area contributed by atoms with E-state index >= 15 is 0 Å². The number of hydrogen-bond acceptors (Lipinski definition) is 4. The molecule has 6 nitrogen and oxygen atoms in total. The summed E-state index contributed by atoms with van der Waals surface area (Å²) in [6, 6.07) is 7.84. The molecule has 0 aliphatic heterocycles. The van der Waals surface area contributed by atoms with Crippen LogP contribution in [0.4, 0.5) is 5.95 Å². The van der Waals surface area contributed by atoms with Crippen LogP contribution in [0.5, 0.6) is 0 Å². The summed E-state index contributed by atoms with van der Waals surface area (Å²) in [7, 11) is 1.79. The standard InChI is InChI=1S/C18H17N5O/c1-3-10-9-21-16-15(10)12-8-11(4-5-14(12)22-17(16)24)13-6-7-20-18(19-2)23-13/h4-9,21H,3H2,1-2H3,(H,22,24)(H,19,20,23). The molecule has 6 heteroatoms. The van der Waals surface area contributed by atoms with E-state index in [-0.39, 0.29) is 5.56 Å². The maximum atomic E-state index is 12.2. The summed E-state index contributed by atoms with van der Waals surface area (Å²) in [6.45, 7) is 2.09. The van der Waals surface area contributed by atoms with Crippen molar-refractivity contribution in [1.29, 1.82) is 0 Å². The van der Waals surface area contributed by atoms with E-state index in [1.165, 1.54) is 0 Å². The molecule has 0 fully saturated rings. The summed E-state index contributed by atoms with van der Waals surface area (Å²) in [4.78, 5) is 26.9. The second kappa shape index (κ2) is 5.49. The molecule has 3 N–H and O–H groups in total. The fourth-order valence-corrected chi connectivity index (χ4v) is 3.07. The van der Waals surface area contributed by atoms with E-state index < -0.39 is 0 Å². The molecule has 0 amide bonds. The van der Waals surface area contributed by atoms with Crippen LogP contribution in [0.25, 0.3) is 33.1 Å². The lowest BCUT2D eigenvalue weighted by Crippen LogP contribution is -2.06. The SMILES string of the molecule is CCc1c[nH]c2c(=O)[nH]c3ccc(-c4ccnc(NC)n4)cc3c12. The van der Waals surface area contributed by atoms with Crippen LogP contribution in [0.3, 0.4) is 0 Å². The molecule has 3 heterocycles. The number of aromatic nitrogens is 4. The van der Waals surface area contributed by atoms with Gasteiger partial charge in [-0.25, -0.2) is 9.97 Å². The van der Waals surface area contributed by atoms with E-state index in [0.717, 1.165) is 39.5 Å². The molecular formula is C18H17N5O. The van der Waals surface area contributed by atoms with Gasteiger partial charge in [0.2, 0.25) is 5.95 Å². The molecule has 0 aliphatic carbocycles. The molecule has 4 rings (SSSR count). The third-order valence-corrected chi connectivity index (χ3v) is 4.28. The number of fused-ring (bicyclic) bond motifs is 3. The van der Waals surface area contributed by atoms with Gasteiger partial charge in [0.25, 0.3) is 5.56 Å². The fourth-order valence-electron chi connectivity index (χ4n) is 3.07. The quantitative estimate of drug-likeness (QED) is 0.541. The van der Waals surface area contributed by atoms with Crippen LogP contribution in [-0.4, -0.2) is 27.0 Å². The van der Waals surface area contributed by atoms with Gasteiger partial charge in [-0.15, -0.1) is 0 Å². The summed E-state index contributed by atoms with van der Waals surface area (Å²) in [5, 5.41) is 4.96. The van der Waals surface area contributed by atoms with Gasteiger partial charge in [-0.2, -0.15) is 0 Å². The number of aromatic amines is 2. The second-order valence-corrected chi connectivity index (χ2v) is 5.65. The van der Waals surface area contributed by atoms with Gasteiger partial charge in [-0.05, 0) is 30.2 Å². The van der Waals surface area contributed by atoms with Crippen LogP contribution >= 0.6 is 0 Å². The molecule has 0 saturated carbocycles. The van der Waals surface area contributed by atoms with E-state index in [0.29, 0.717) is 11.5 Å². The van der Waals surface area contributed by atoms with Gasteiger partial charge in [-0.3, -0.25) is 4.79 Å². The van der Waals surface area contributed by atoms with Crippen molar-refractivity contribution < 1.29 is 0 Å². The smallest absolute Gasteiger partial charge is 0.272 e. The number of nitrogens with zero attached hydrogens (tertiary/aromatic N) is 2. The van der Waals surface area contributed by atoms with E-state index in [2.05, 4.69) is 38.2 Å². The molecule has 0 unspecified atom stereocenters. The van der Waals surface area contributed by atoms with Crippen LogP contribution in [0.2, 0.25) is 0 Å². The maximum Gasteiger partial charge on any atom is 0.272 e. The zero-order valence-electron chi connectivity index (χ0n) is 13.5. The topological polar surface area (TPSA) is 86.5 Å². The van der Waals surface area contributed by atoms with Gasteiger partial charge >= 0.3 is 0 Å². The first-order valence-corrected chi connectivity index (χ1v) is 7.88. The molecule has 0 spiro atoms. The minimum Gasteiger partial charge on any atom is -0.357 e. The Labute approximate surface area is 138 Å². The number of pyridine rings is 1. The van der Waals surface area contributed by atoms with Gasteiger partial charge < -0.3 is 15.3 Å². The second-order valence-electron chi connectivity index (χ2n) is 5.65. The zero-order valence-corrected chi connectivity index (χ0v) is 13.5. The average molecular weight is 319 g/mol. The number of nitrogens with one attached hydrogen (secondary N) is 3. The summed E-state index contributed by atoms with van der Waals surface area (Å²) < 4.78 is 0. The molecule has 0 radical (unpaired) electrons. The molecule has 0 aliphatic rings. The van der Waals surface area contributed by atoms with E-state index in [9.17, 15) is 4.79 Å². The minimum atomic E-state index is -0.0931.